The summed E-state index contributed by atoms with van der Waals surface area (Å²) in [6.45, 7) is 10.1. The zero-order valence-electron chi connectivity index (χ0n) is 16.9. The average Bonchev–Trinajstić information content (AvgIpc) is 3.01. The molecule has 1 aliphatic heterocycles. The van der Waals surface area contributed by atoms with Gasteiger partial charge in [-0.2, -0.15) is 0 Å². The Labute approximate surface area is 161 Å². The second-order valence-corrected chi connectivity index (χ2v) is 6.63. The number of methoxy groups -OCH3 is 1. The van der Waals surface area contributed by atoms with Crippen molar-refractivity contribution in [2.24, 2.45) is 10.9 Å². The van der Waals surface area contributed by atoms with Crippen LogP contribution in [-0.4, -0.2) is 44.8 Å². The van der Waals surface area contributed by atoms with Crippen LogP contribution in [0, 0.1) is 5.92 Å². The molecule has 0 bridgehead atoms. The first-order valence-corrected chi connectivity index (χ1v) is 9.53. The van der Waals surface area contributed by atoms with Gasteiger partial charge in [-0.3, -0.25) is 4.79 Å². The SMILES string of the molecule is CCNC(=NCc1cc2c(cc1OCC)CC(C)O2)NCC(C)C(=O)OC. The second-order valence-electron chi connectivity index (χ2n) is 6.63. The number of hydrogen-bond acceptors (Lipinski definition) is 5. The summed E-state index contributed by atoms with van der Waals surface area (Å²) in [6, 6.07) is 4.08. The maximum atomic E-state index is 11.6. The molecule has 1 heterocycles. The van der Waals surface area contributed by atoms with Crippen molar-refractivity contribution in [3.05, 3.63) is 23.3 Å². The molecule has 27 heavy (non-hydrogen) atoms. The highest BCUT2D eigenvalue weighted by Crippen LogP contribution is 2.35. The molecule has 0 saturated heterocycles. The number of nitrogens with one attached hydrogen (secondary N) is 2. The van der Waals surface area contributed by atoms with Crippen LogP contribution in [0.25, 0.3) is 0 Å². The van der Waals surface area contributed by atoms with E-state index in [1.807, 2.05) is 26.8 Å². The first-order valence-electron chi connectivity index (χ1n) is 9.53. The minimum absolute atomic E-state index is 0.187. The molecule has 0 fully saturated rings. The van der Waals surface area contributed by atoms with Gasteiger partial charge in [0.2, 0.25) is 0 Å². The molecule has 0 spiro atoms. The minimum Gasteiger partial charge on any atom is -0.494 e. The monoisotopic (exact) mass is 377 g/mol. The van der Waals surface area contributed by atoms with Crippen molar-refractivity contribution >= 4 is 11.9 Å². The number of benzene rings is 1. The normalized spacial score (nSPS) is 16.9. The molecule has 2 unspecified atom stereocenters. The molecule has 0 radical (unpaired) electrons. The predicted molar refractivity (Wildman–Crippen MR) is 105 cm³/mol. The van der Waals surface area contributed by atoms with Gasteiger partial charge in [-0.1, -0.05) is 6.92 Å². The second kappa shape index (κ2) is 10.0. The molecular formula is C20H31N3O4. The quantitative estimate of drug-likeness (QED) is 0.411. The van der Waals surface area contributed by atoms with Gasteiger partial charge in [-0.15, -0.1) is 0 Å². The van der Waals surface area contributed by atoms with E-state index < -0.39 is 0 Å². The Bertz CT molecular complexity index is 675. The molecule has 0 aromatic heterocycles. The van der Waals surface area contributed by atoms with Crippen LogP contribution >= 0.6 is 0 Å². The molecule has 1 aliphatic rings. The lowest BCUT2D eigenvalue weighted by Crippen LogP contribution is -2.40. The van der Waals surface area contributed by atoms with Gasteiger partial charge in [0, 0.05) is 30.6 Å². The molecule has 2 rings (SSSR count). The largest absolute Gasteiger partial charge is 0.494 e. The lowest BCUT2D eigenvalue weighted by Gasteiger charge is -2.15. The summed E-state index contributed by atoms with van der Waals surface area (Å²) in [6.07, 6.45) is 1.08. The van der Waals surface area contributed by atoms with Crippen LogP contribution in [0.1, 0.15) is 38.8 Å². The van der Waals surface area contributed by atoms with Crippen LogP contribution in [0.4, 0.5) is 0 Å². The van der Waals surface area contributed by atoms with E-state index in [4.69, 9.17) is 14.2 Å². The van der Waals surface area contributed by atoms with Crippen molar-refractivity contribution in [2.45, 2.75) is 46.8 Å². The molecular weight excluding hydrogens is 346 g/mol. The number of nitrogens with zero attached hydrogens (tertiary/aromatic N) is 1. The maximum Gasteiger partial charge on any atom is 0.310 e. The molecule has 1 aromatic rings. The highest BCUT2D eigenvalue weighted by molar-refractivity contribution is 5.80. The third-order valence-electron chi connectivity index (χ3n) is 4.31. The third-order valence-corrected chi connectivity index (χ3v) is 4.31. The number of carbonyl (C=O) groups excluding carboxylic acids is 1. The molecule has 2 atom stereocenters. The summed E-state index contributed by atoms with van der Waals surface area (Å²) in [4.78, 5) is 16.2. The Morgan fingerprint density at radius 3 is 2.81 bits per heavy atom. The number of carbonyl (C=O) groups is 1. The molecule has 7 nitrogen and oxygen atoms in total. The fourth-order valence-corrected chi connectivity index (χ4v) is 2.94. The summed E-state index contributed by atoms with van der Waals surface area (Å²) in [5.74, 6) is 1.89. The lowest BCUT2D eigenvalue weighted by molar-refractivity contribution is -0.144. The zero-order valence-corrected chi connectivity index (χ0v) is 16.9. The number of ether oxygens (including phenoxy) is 3. The Hall–Kier alpha value is -2.44. The fraction of sp³-hybridized carbons (Fsp3) is 0.600. The zero-order chi connectivity index (χ0) is 19.8. The van der Waals surface area contributed by atoms with Gasteiger partial charge < -0.3 is 24.8 Å². The Morgan fingerprint density at radius 1 is 1.37 bits per heavy atom. The molecule has 0 aliphatic carbocycles. The number of esters is 1. The molecule has 7 heteroatoms. The summed E-state index contributed by atoms with van der Waals surface area (Å²) in [5.41, 5.74) is 2.15. The molecule has 2 N–H and O–H groups in total. The van der Waals surface area contributed by atoms with E-state index in [-0.39, 0.29) is 18.0 Å². The van der Waals surface area contributed by atoms with Crippen LogP contribution in [0.5, 0.6) is 11.5 Å². The Balaban J connectivity index is 2.12. The topological polar surface area (TPSA) is 81.2 Å². The van der Waals surface area contributed by atoms with Crippen LogP contribution in [0.15, 0.2) is 17.1 Å². The number of aliphatic imine (C=N–C) groups is 1. The van der Waals surface area contributed by atoms with Gasteiger partial charge >= 0.3 is 5.97 Å². The molecule has 0 saturated carbocycles. The Kier molecular flexibility index (Phi) is 7.76. The number of rotatable bonds is 8. The minimum atomic E-state index is -0.257. The molecule has 150 valence electrons. The highest BCUT2D eigenvalue weighted by atomic mass is 16.5. The van der Waals surface area contributed by atoms with Crippen molar-refractivity contribution in [1.82, 2.24) is 10.6 Å². The third kappa shape index (κ3) is 5.77. The van der Waals surface area contributed by atoms with E-state index in [1.165, 1.54) is 12.7 Å². The first-order chi connectivity index (χ1) is 13.0. The predicted octanol–water partition coefficient (Wildman–Crippen LogP) is 2.27. The summed E-state index contributed by atoms with van der Waals surface area (Å²) < 4.78 is 16.4. The van der Waals surface area contributed by atoms with Gasteiger partial charge in [0.15, 0.2) is 5.96 Å². The molecule has 0 amide bonds. The van der Waals surface area contributed by atoms with Crippen LogP contribution in [0.2, 0.25) is 0 Å². The van der Waals surface area contributed by atoms with E-state index >= 15 is 0 Å². The van der Waals surface area contributed by atoms with Crippen molar-refractivity contribution in [3.8, 4) is 11.5 Å². The van der Waals surface area contributed by atoms with Crippen molar-refractivity contribution < 1.29 is 19.0 Å². The van der Waals surface area contributed by atoms with E-state index in [2.05, 4.69) is 28.6 Å². The number of hydrogen-bond donors (Lipinski definition) is 2. The van der Waals surface area contributed by atoms with Crippen molar-refractivity contribution in [3.63, 3.8) is 0 Å². The van der Waals surface area contributed by atoms with Gasteiger partial charge in [0.05, 0.1) is 26.2 Å². The van der Waals surface area contributed by atoms with Crippen LogP contribution in [0.3, 0.4) is 0 Å². The van der Waals surface area contributed by atoms with Gasteiger partial charge in [0.25, 0.3) is 0 Å². The maximum absolute atomic E-state index is 11.6. The molecule has 1 aromatic carbocycles. The summed E-state index contributed by atoms with van der Waals surface area (Å²) in [5, 5.41) is 6.37. The lowest BCUT2D eigenvalue weighted by atomic mass is 10.1. The van der Waals surface area contributed by atoms with Crippen molar-refractivity contribution in [1.29, 1.82) is 0 Å². The van der Waals surface area contributed by atoms with Gasteiger partial charge in [-0.05, 0) is 32.9 Å². The van der Waals surface area contributed by atoms with Crippen molar-refractivity contribution in [2.75, 3.05) is 26.8 Å². The van der Waals surface area contributed by atoms with E-state index in [1.54, 1.807) is 0 Å². The highest BCUT2D eigenvalue weighted by Gasteiger charge is 2.22. The van der Waals surface area contributed by atoms with Gasteiger partial charge in [0.1, 0.15) is 17.6 Å². The van der Waals surface area contributed by atoms with E-state index in [9.17, 15) is 4.79 Å². The van der Waals surface area contributed by atoms with Gasteiger partial charge in [-0.25, -0.2) is 4.99 Å². The number of fused-ring (bicyclic) bond motifs is 1. The smallest absolute Gasteiger partial charge is 0.310 e. The van der Waals surface area contributed by atoms with E-state index in [0.29, 0.717) is 25.7 Å². The average molecular weight is 377 g/mol. The van der Waals surface area contributed by atoms with Crippen LogP contribution in [-0.2, 0) is 22.5 Å². The summed E-state index contributed by atoms with van der Waals surface area (Å²) >= 11 is 0. The fourth-order valence-electron chi connectivity index (χ4n) is 2.94. The van der Waals surface area contributed by atoms with Crippen LogP contribution < -0.4 is 20.1 Å². The standard InChI is InChI=1S/C20H31N3O4/c1-6-21-20(22-11-13(3)19(24)25-5)23-12-16-10-18-15(8-14(4)27-18)9-17(16)26-7-2/h9-10,13-14H,6-8,11-12H2,1-5H3,(H2,21,22,23). The van der Waals surface area contributed by atoms with E-state index in [0.717, 1.165) is 30.0 Å². The number of guanidine groups is 1. The first kappa shape index (κ1) is 20.9. The summed E-state index contributed by atoms with van der Waals surface area (Å²) in [7, 11) is 1.39. The Morgan fingerprint density at radius 2 is 2.15 bits per heavy atom.